The number of fused-ring (bicyclic) bond motifs is 2. The molecule has 2 unspecified atom stereocenters. The van der Waals surface area contributed by atoms with Crippen molar-refractivity contribution in [3.05, 3.63) is 52.4 Å². The standard InChI is InChI=1S/C23H29N5O3/c1-16-22(17(2)31-26-16)7-8-27-11-20-13-28(14-21(12-27)30-20)15-23(29)25-10-19-5-3-18(9-24)4-6-19/h3-6,20-21H,7-8,10-15H2,1-2H3,(H,25,29). The first-order chi connectivity index (χ1) is 15.0. The lowest BCUT2D eigenvalue weighted by Crippen LogP contribution is -2.60. The number of benzene rings is 1. The van der Waals surface area contributed by atoms with Gasteiger partial charge in [0.05, 0.1) is 36.1 Å². The summed E-state index contributed by atoms with van der Waals surface area (Å²) >= 11 is 0. The van der Waals surface area contributed by atoms with Gasteiger partial charge in [-0.1, -0.05) is 17.3 Å². The number of morpholine rings is 2. The van der Waals surface area contributed by atoms with Gasteiger partial charge in [-0.2, -0.15) is 5.26 Å². The summed E-state index contributed by atoms with van der Waals surface area (Å²) in [5.41, 5.74) is 3.79. The number of amides is 1. The lowest BCUT2D eigenvalue weighted by atomic mass is 10.1. The number of hydrogen-bond acceptors (Lipinski definition) is 7. The zero-order chi connectivity index (χ0) is 21.8. The van der Waals surface area contributed by atoms with Gasteiger partial charge in [-0.3, -0.25) is 14.6 Å². The zero-order valence-corrected chi connectivity index (χ0v) is 18.1. The predicted octanol–water partition coefficient (Wildman–Crippen LogP) is 1.41. The lowest BCUT2D eigenvalue weighted by Gasteiger charge is -2.45. The highest BCUT2D eigenvalue weighted by Gasteiger charge is 2.35. The van der Waals surface area contributed by atoms with Crippen LogP contribution in [0.4, 0.5) is 0 Å². The third-order valence-electron chi connectivity index (χ3n) is 6.03. The molecule has 1 N–H and O–H groups in total. The number of hydrogen-bond donors (Lipinski definition) is 1. The van der Waals surface area contributed by atoms with Gasteiger partial charge in [0.15, 0.2) is 0 Å². The van der Waals surface area contributed by atoms with E-state index in [0.717, 1.165) is 56.2 Å². The summed E-state index contributed by atoms with van der Waals surface area (Å²) in [6.45, 7) is 9.06. The Hall–Kier alpha value is -2.73. The second-order valence-electron chi connectivity index (χ2n) is 8.47. The average Bonchev–Trinajstić information content (AvgIpc) is 3.08. The Morgan fingerprint density at radius 1 is 1.16 bits per heavy atom. The van der Waals surface area contributed by atoms with E-state index in [-0.39, 0.29) is 18.1 Å². The van der Waals surface area contributed by atoms with E-state index in [9.17, 15) is 4.79 Å². The van der Waals surface area contributed by atoms with Gasteiger partial charge in [0.25, 0.3) is 0 Å². The molecule has 2 aliphatic rings. The molecule has 0 radical (unpaired) electrons. The summed E-state index contributed by atoms with van der Waals surface area (Å²) < 4.78 is 11.4. The molecule has 1 amide bonds. The summed E-state index contributed by atoms with van der Waals surface area (Å²) in [5.74, 6) is 0.920. The molecular formula is C23H29N5O3. The number of nitriles is 1. The minimum atomic E-state index is 0.0135. The van der Waals surface area contributed by atoms with E-state index < -0.39 is 0 Å². The number of carbonyl (C=O) groups is 1. The predicted molar refractivity (Wildman–Crippen MR) is 114 cm³/mol. The summed E-state index contributed by atoms with van der Waals surface area (Å²) in [5, 5.41) is 15.9. The normalized spacial score (nSPS) is 21.6. The molecular weight excluding hydrogens is 394 g/mol. The van der Waals surface area contributed by atoms with Gasteiger partial charge in [-0.15, -0.1) is 0 Å². The molecule has 2 fully saturated rings. The smallest absolute Gasteiger partial charge is 0.234 e. The van der Waals surface area contributed by atoms with E-state index in [4.69, 9.17) is 14.5 Å². The Morgan fingerprint density at radius 3 is 2.45 bits per heavy atom. The van der Waals surface area contributed by atoms with Gasteiger partial charge in [0.1, 0.15) is 5.76 Å². The fourth-order valence-corrected chi connectivity index (χ4v) is 4.46. The fourth-order valence-electron chi connectivity index (χ4n) is 4.46. The first-order valence-electron chi connectivity index (χ1n) is 10.8. The average molecular weight is 424 g/mol. The third-order valence-corrected chi connectivity index (χ3v) is 6.03. The summed E-state index contributed by atoms with van der Waals surface area (Å²) in [6.07, 6.45) is 1.19. The van der Waals surface area contributed by atoms with Crippen molar-refractivity contribution in [3.8, 4) is 6.07 Å². The Morgan fingerprint density at radius 2 is 1.84 bits per heavy atom. The van der Waals surface area contributed by atoms with Crippen LogP contribution in [-0.2, 0) is 22.5 Å². The Labute approximate surface area is 182 Å². The Kier molecular flexibility index (Phi) is 6.66. The van der Waals surface area contributed by atoms with Gasteiger partial charge in [-0.25, -0.2) is 0 Å². The maximum atomic E-state index is 12.4. The number of carbonyl (C=O) groups excluding carboxylic acids is 1. The molecule has 3 heterocycles. The van der Waals surface area contributed by atoms with Crippen LogP contribution in [0, 0.1) is 25.2 Å². The molecule has 2 saturated heterocycles. The van der Waals surface area contributed by atoms with Gasteiger partial charge in [0, 0.05) is 44.8 Å². The number of ether oxygens (including phenoxy) is 1. The minimum absolute atomic E-state index is 0.0135. The SMILES string of the molecule is Cc1noc(C)c1CCN1CC2CN(CC(=O)NCc3ccc(C#N)cc3)CC(C1)O2. The van der Waals surface area contributed by atoms with Gasteiger partial charge < -0.3 is 14.6 Å². The molecule has 8 heteroatoms. The van der Waals surface area contributed by atoms with Crippen molar-refractivity contribution < 1.29 is 14.1 Å². The van der Waals surface area contributed by atoms with E-state index >= 15 is 0 Å². The number of aryl methyl sites for hydroxylation is 2. The van der Waals surface area contributed by atoms with Crippen LogP contribution in [-0.4, -0.2) is 72.3 Å². The van der Waals surface area contributed by atoms with Crippen LogP contribution in [0.15, 0.2) is 28.8 Å². The van der Waals surface area contributed by atoms with E-state index in [1.807, 2.05) is 26.0 Å². The number of aromatic nitrogens is 1. The van der Waals surface area contributed by atoms with Crippen LogP contribution < -0.4 is 5.32 Å². The molecule has 31 heavy (non-hydrogen) atoms. The van der Waals surface area contributed by atoms with Crippen LogP contribution in [0.2, 0.25) is 0 Å². The molecule has 0 spiro atoms. The molecule has 2 bridgehead atoms. The van der Waals surface area contributed by atoms with Crippen LogP contribution in [0.25, 0.3) is 0 Å². The van der Waals surface area contributed by atoms with Crippen molar-refractivity contribution in [2.75, 3.05) is 39.3 Å². The molecule has 0 saturated carbocycles. The molecule has 4 rings (SSSR count). The van der Waals surface area contributed by atoms with Crippen molar-refractivity contribution in [1.29, 1.82) is 5.26 Å². The van der Waals surface area contributed by atoms with E-state index in [1.54, 1.807) is 12.1 Å². The second-order valence-corrected chi connectivity index (χ2v) is 8.47. The first kappa shape index (κ1) is 21.5. The summed E-state index contributed by atoms with van der Waals surface area (Å²) in [6, 6.07) is 9.37. The largest absolute Gasteiger partial charge is 0.370 e. The third kappa shape index (κ3) is 5.50. The zero-order valence-electron chi connectivity index (χ0n) is 18.1. The van der Waals surface area contributed by atoms with Crippen LogP contribution >= 0.6 is 0 Å². The number of nitrogens with zero attached hydrogens (tertiary/aromatic N) is 4. The number of rotatable bonds is 7. The molecule has 8 nitrogen and oxygen atoms in total. The van der Waals surface area contributed by atoms with Crippen molar-refractivity contribution in [2.45, 2.75) is 39.0 Å². The van der Waals surface area contributed by atoms with Crippen LogP contribution in [0.3, 0.4) is 0 Å². The topological polar surface area (TPSA) is 94.6 Å². The quantitative estimate of drug-likeness (QED) is 0.719. The minimum Gasteiger partial charge on any atom is -0.370 e. The molecule has 1 aromatic heterocycles. The maximum absolute atomic E-state index is 12.4. The van der Waals surface area contributed by atoms with Crippen LogP contribution in [0.1, 0.15) is 28.1 Å². The van der Waals surface area contributed by atoms with Crippen molar-refractivity contribution in [1.82, 2.24) is 20.3 Å². The Bertz CT molecular complexity index is 916. The van der Waals surface area contributed by atoms with Crippen molar-refractivity contribution in [2.24, 2.45) is 0 Å². The van der Waals surface area contributed by atoms with Crippen molar-refractivity contribution in [3.63, 3.8) is 0 Å². The fraction of sp³-hybridized carbons (Fsp3) is 0.522. The number of nitrogens with one attached hydrogen (secondary N) is 1. The molecule has 0 aliphatic carbocycles. The summed E-state index contributed by atoms with van der Waals surface area (Å²) in [7, 11) is 0. The molecule has 1 aromatic carbocycles. The van der Waals surface area contributed by atoms with Gasteiger partial charge >= 0.3 is 0 Å². The van der Waals surface area contributed by atoms with E-state index in [0.29, 0.717) is 18.7 Å². The molecule has 2 aliphatic heterocycles. The Balaban J connectivity index is 1.21. The maximum Gasteiger partial charge on any atom is 0.234 e. The van der Waals surface area contributed by atoms with Gasteiger partial charge in [-0.05, 0) is 38.0 Å². The van der Waals surface area contributed by atoms with Crippen molar-refractivity contribution >= 4 is 5.91 Å². The van der Waals surface area contributed by atoms with Gasteiger partial charge in [0.2, 0.25) is 5.91 Å². The van der Waals surface area contributed by atoms with Crippen LogP contribution in [0.5, 0.6) is 0 Å². The van der Waals surface area contributed by atoms with E-state index in [1.165, 1.54) is 5.56 Å². The highest BCUT2D eigenvalue weighted by molar-refractivity contribution is 5.78. The molecule has 2 atom stereocenters. The highest BCUT2D eigenvalue weighted by atomic mass is 16.5. The molecule has 2 aromatic rings. The first-order valence-corrected chi connectivity index (χ1v) is 10.8. The second kappa shape index (κ2) is 9.60. The molecule has 164 valence electrons. The van der Waals surface area contributed by atoms with E-state index in [2.05, 4.69) is 26.3 Å². The monoisotopic (exact) mass is 423 g/mol. The lowest BCUT2D eigenvalue weighted by molar-refractivity contribution is -0.144. The highest BCUT2D eigenvalue weighted by Crippen LogP contribution is 2.20. The summed E-state index contributed by atoms with van der Waals surface area (Å²) in [4.78, 5) is 17.1.